The smallest absolute Gasteiger partial charge is 0.247 e. The highest BCUT2D eigenvalue weighted by molar-refractivity contribution is 7.09. The first kappa shape index (κ1) is 14.7. The molecule has 1 aromatic heterocycles. The molecule has 0 aliphatic carbocycles. The van der Waals surface area contributed by atoms with Gasteiger partial charge in [-0.25, -0.2) is 4.98 Å². The molecule has 1 unspecified atom stereocenters. The van der Waals surface area contributed by atoms with Gasteiger partial charge in [0.05, 0.1) is 17.7 Å². The molecule has 1 amide bonds. The molecule has 0 aliphatic rings. The number of carbonyl (C=O) groups is 1. The molecule has 5 heteroatoms. The average molecular weight is 289 g/mol. The van der Waals surface area contributed by atoms with Crippen molar-refractivity contribution < 1.29 is 4.79 Å². The van der Waals surface area contributed by atoms with Crippen LogP contribution in [0.4, 0.5) is 0 Å². The Labute approximate surface area is 123 Å². The molecule has 0 fully saturated rings. The van der Waals surface area contributed by atoms with Gasteiger partial charge in [0.25, 0.3) is 0 Å². The molecule has 0 saturated heterocycles. The molecule has 1 aromatic carbocycles. The fourth-order valence-electron chi connectivity index (χ4n) is 2.07. The van der Waals surface area contributed by atoms with Gasteiger partial charge in [-0.1, -0.05) is 30.3 Å². The van der Waals surface area contributed by atoms with Crippen LogP contribution in [-0.4, -0.2) is 22.8 Å². The van der Waals surface area contributed by atoms with E-state index in [1.54, 1.807) is 35.7 Å². The quantitative estimate of drug-likeness (QED) is 0.939. The Bertz CT molecular complexity index is 592. The topological polar surface area (TPSA) is 59.2 Å². The fourth-order valence-corrected chi connectivity index (χ4v) is 2.90. The van der Waals surface area contributed by atoms with Crippen molar-refractivity contribution in [2.24, 2.45) is 5.73 Å². The largest absolute Gasteiger partial charge is 0.339 e. The Balaban J connectivity index is 2.16. The van der Waals surface area contributed by atoms with Crippen molar-refractivity contribution in [3.8, 4) is 0 Å². The number of amides is 1. The van der Waals surface area contributed by atoms with E-state index in [9.17, 15) is 4.79 Å². The van der Waals surface area contributed by atoms with E-state index >= 15 is 0 Å². The molecule has 2 rings (SSSR count). The number of nitrogens with zero attached hydrogens (tertiary/aromatic N) is 2. The summed E-state index contributed by atoms with van der Waals surface area (Å²) in [5.74, 6) is -0.100. The molecule has 0 radical (unpaired) electrons. The molecule has 0 aliphatic heterocycles. The lowest BCUT2D eigenvalue weighted by molar-refractivity contribution is -0.135. The van der Waals surface area contributed by atoms with Crippen LogP contribution in [0.5, 0.6) is 0 Å². The SMILES string of the molecule is Cc1ncsc1CN(C)C(=O)C(C)(N)c1ccccc1. The molecular formula is C15H19N3OS. The van der Waals surface area contributed by atoms with Gasteiger partial charge >= 0.3 is 0 Å². The Morgan fingerprint density at radius 1 is 1.40 bits per heavy atom. The van der Waals surface area contributed by atoms with E-state index in [0.29, 0.717) is 6.54 Å². The number of likely N-dealkylation sites (N-methyl/N-ethyl adjacent to an activating group) is 1. The molecule has 4 nitrogen and oxygen atoms in total. The van der Waals surface area contributed by atoms with Crippen molar-refractivity contribution in [3.63, 3.8) is 0 Å². The Kier molecular flexibility index (Phi) is 4.20. The Hall–Kier alpha value is -1.72. The zero-order chi connectivity index (χ0) is 14.8. The van der Waals surface area contributed by atoms with E-state index in [4.69, 9.17) is 5.73 Å². The molecule has 106 valence electrons. The zero-order valence-electron chi connectivity index (χ0n) is 12.0. The van der Waals surface area contributed by atoms with E-state index < -0.39 is 5.54 Å². The minimum Gasteiger partial charge on any atom is -0.339 e. The molecule has 0 spiro atoms. The lowest BCUT2D eigenvalue weighted by atomic mass is 9.92. The Morgan fingerprint density at radius 2 is 2.05 bits per heavy atom. The third-order valence-corrected chi connectivity index (χ3v) is 4.31. The maximum absolute atomic E-state index is 12.6. The van der Waals surface area contributed by atoms with Crippen molar-refractivity contribution in [1.29, 1.82) is 0 Å². The highest BCUT2D eigenvalue weighted by Crippen LogP contribution is 2.22. The van der Waals surface area contributed by atoms with E-state index in [0.717, 1.165) is 16.1 Å². The molecule has 1 atom stereocenters. The number of rotatable bonds is 4. The molecule has 20 heavy (non-hydrogen) atoms. The normalized spacial score (nSPS) is 13.8. The summed E-state index contributed by atoms with van der Waals surface area (Å²) in [6.07, 6.45) is 0. The molecule has 2 aromatic rings. The third kappa shape index (κ3) is 2.89. The van der Waals surface area contributed by atoms with E-state index in [-0.39, 0.29) is 5.91 Å². The van der Waals surface area contributed by atoms with E-state index in [1.165, 1.54) is 0 Å². The van der Waals surface area contributed by atoms with Crippen molar-refractivity contribution >= 4 is 17.2 Å². The van der Waals surface area contributed by atoms with Crippen LogP contribution in [-0.2, 0) is 16.9 Å². The van der Waals surface area contributed by atoms with Crippen LogP contribution in [0.15, 0.2) is 35.8 Å². The predicted octanol–water partition coefficient (Wildman–Crippen LogP) is 2.28. The summed E-state index contributed by atoms with van der Waals surface area (Å²) < 4.78 is 0. The first-order valence-electron chi connectivity index (χ1n) is 6.42. The second-order valence-corrected chi connectivity index (χ2v) is 6.03. The minimum absolute atomic E-state index is 0.100. The summed E-state index contributed by atoms with van der Waals surface area (Å²) in [4.78, 5) is 19.5. The van der Waals surface area contributed by atoms with Crippen molar-refractivity contribution in [2.45, 2.75) is 25.9 Å². The van der Waals surface area contributed by atoms with Gasteiger partial charge in [0.2, 0.25) is 5.91 Å². The van der Waals surface area contributed by atoms with Gasteiger partial charge in [0.1, 0.15) is 5.54 Å². The third-order valence-electron chi connectivity index (χ3n) is 3.39. The number of hydrogen-bond donors (Lipinski definition) is 1. The van der Waals surface area contributed by atoms with Crippen LogP contribution in [0.1, 0.15) is 23.1 Å². The first-order chi connectivity index (χ1) is 9.43. The van der Waals surface area contributed by atoms with Crippen LogP contribution in [0.2, 0.25) is 0 Å². The zero-order valence-corrected chi connectivity index (χ0v) is 12.8. The number of thiazole rings is 1. The summed E-state index contributed by atoms with van der Waals surface area (Å²) in [5.41, 5.74) is 8.80. The monoisotopic (exact) mass is 289 g/mol. The second kappa shape index (κ2) is 5.73. The van der Waals surface area contributed by atoms with Gasteiger partial charge in [0.15, 0.2) is 0 Å². The maximum Gasteiger partial charge on any atom is 0.247 e. The number of carbonyl (C=O) groups excluding carboxylic acids is 1. The number of hydrogen-bond acceptors (Lipinski definition) is 4. The molecule has 1 heterocycles. The number of benzene rings is 1. The minimum atomic E-state index is -1.02. The number of nitrogens with two attached hydrogens (primary N) is 1. The lowest BCUT2D eigenvalue weighted by Crippen LogP contribution is -2.49. The first-order valence-corrected chi connectivity index (χ1v) is 7.30. The standard InChI is InChI=1S/C15H19N3OS/c1-11-13(20-10-17-11)9-18(3)14(19)15(2,16)12-7-5-4-6-8-12/h4-8,10H,9,16H2,1-3H3. The fraction of sp³-hybridized carbons (Fsp3) is 0.333. The van der Waals surface area contributed by atoms with Gasteiger partial charge in [-0.15, -0.1) is 11.3 Å². The van der Waals surface area contributed by atoms with Crippen LogP contribution in [0.25, 0.3) is 0 Å². The van der Waals surface area contributed by atoms with Crippen LogP contribution in [0, 0.1) is 6.92 Å². The predicted molar refractivity (Wildman–Crippen MR) is 81.3 cm³/mol. The van der Waals surface area contributed by atoms with E-state index in [2.05, 4.69) is 4.98 Å². The van der Waals surface area contributed by atoms with Gasteiger partial charge in [-0.05, 0) is 19.4 Å². The van der Waals surface area contributed by atoms with Crippen LogP contribution in [0.3, 0.4) is 0 Å². The summed E-state index contributed by atoms with van der Waals surface area (Å²) in [6, 6.07) is 9.45. The molecule has 2 N–H and O–H groups in total. The van der Waals surface area contributed by atoms with Gasteiger partial charge in [0, 0.05) is 11.9 Å². The van der Waals surface area contributed by atoms with Crippen LogP contribution >= 0.6 is 11.3 Å². The number of aryl methyl sites for hydroxylation is 1. The lowest BCUT2D eigenvalue weighted by Gasteiger charge is -2.29. The average Bonchev–Trinajstić information content (AvgIpc) is 2.84. The highest BCUT2D eigenvalue weighted by atomic mass is 32.1. The second-order valence-electron chi connectivity index (χ2n) is 5.09. The molecule has 0 bridgehead atoms. The van der Waals surface area contributed by atoms with Crippen molar-refractivity contribution in [3.05, 3.63) is 52.0 Å². The van der Waals surface area contributed by atoms with Gasteiger partial charge in [-0.3, -0.25) is 4.79 Å². The summed E-state index contributed by atoms with van der Waals surface area (Å²) in [6.45, 7) is 4.23. The summed E-state index contributed by atoms with van der Waals surface area (Å²) in [7, 11) is 1.77. The van der Waals surface area contributed by atoms with E-state index in [1.807, 2.05) is 37.3 Å². The maximum atomic E-state index is 12.6. The highest BCUT2D eigenvalue weighted by Gasteiger charge is 2.33. The van der Waals surface area contributed by atoms with Crippen molar-refractivity contribution in [2.75, 3.05) is 7.05 Å². The van der Waals surface area contributed by atoms with Crippen molar-refractivity contribution in [1.82, 2.24) is 9.88 Å². The Morgan fingerprint density at radius 3 is 2.60 bits per heavy atom. The summed E-state index contributed by atoms with van der Waals surface area (Å²) in [5, 5.41) is 0. The number of aromatic nitrogens is 1. The van der Waals surface area contributed by atoms with Gasteiger partial charge < -0.3 is 10.6 Å². The van der Waals surface area contributed by atoms with Gasteiger partial charge in [-0.2, -0.15) is 0 Å². The molecular weight excluding hydrogens is 270 g/mol. The van der Waals surface area contributed by atoms with Crippen LogP contribution < -0.4 is 5.73 Å². The summed E-state index contributed by atoms with van der Waals surface area (Å²) >= 11 is 1.56. The molecule has 0 saturated carbocycles.